The molecule has 13 N–H and O–H groups in total. The highest BCUT2D eigenvalue weighted by atomic mass is 16.2. The number of carbonyl (C=O) groups excluding carboxylic acids is 4. The van der Waals surface area contributed by atoms with Crippen LogP contribution in [0.1, 0.15) is 25.7 Å². The van der Waals surface area contributed by atoms with Crippen LogP contribution in [-0.4, -0.2) is 54.1 Å². The number of Topliss-reactive ketones (excluding diaryl/α,β-unsaturated/α-hetero) is 1. The molecule has 0 rings (SSSR count). The zero-order valence-electron chi connectivity index (χ0n) is 13.8. The maximum atomic E-state index is 12.1. The molecule has 0 spiro atoms. The minimum absolute atomic E-state index is 0.125. The molecule has 0 aromatic heterocycles. The molecule has 0 aromatic carbocycles. The minimum Gasteiger partial charge on any atom is -0.370 e. The van der Waals surface area contributed by atoms with Crippen molar-refractivity contribution in [2.75, 3.05) is 6.54 Å². The van der Waals surface area contributed by atoms with Gasteiger partial charge in [-0.05, 0) is 19.3 Å². The van der Waals surface area contributed by atoms with Crippen molar-refractivity contribution in [1.29, 1.82) is 5.41 Å². The minimum atomic E-state index is -1.62. The van der Waals surface area contributed by atoms with E-state index in [1.54, 1.807) is 0 Å². The number of ketones is 1. The first-order valence-electron chi connectivity index (χ1n) is 7.57. The molecule has 0 aliphatic heterocycles. The molecule has 142 valence electrons. The molecule has 12 nitrogen and oxygen atoms in total. The molecule has 25 heavy (non-hydrogen) atoms. The molecule has 0 aliphatic carbocycles. The first-order valence-corrected chi connectivity index (χ1v) is 7.57. The van der Waals surface area contributed by atoms with Gasteiger partial charge in [0.15, 0.2) is 11.7 Å². The van der Waals surface area contributed by atoms with Crippen molar-refractivity contribution >= 4 is 29.5 Å². The third kappa shape index (κ3) is 9.22. The van der Waals surface area contributed by atoms with E-state index in [9.17, 15) is 19.2 Å². The summed E-state index contributed by atoms with van der Waals surface area (Å²) in [5.74, 6) is -3.41. The lowest BCUT2D eigenvalue weighted by molar-refractivity contribution is -0.133. The molecule has 1 unspecified atom stereocenters. The van der Waals surface area contributed by atoms with Gasteiger partial charge in [-0.15, -0.1) is 0 Å². The van der Waals surface area contributed by atoms with Gasteiger partial charge in [-0.1, -0.05) is 0 Å². The van der Waals surface area contributed by atoms with E-state index in [0.717, 1.165) is 0 Å². The zero-order chi connectivity index (χ0) is 19.6. The predicted molar refractivity (Wildman–Crippen MR) is 89.7 cm³/mol. The molecular formula is C13H26N8O4. The average molecular weight is 358 g/mol. The van der Waals surface area contributed by atoms with Crippen LogP contribution in [-0.2, 0) is 19.2 Å². The molecule has 0 aliphatic rings. The normalized spacial score (nSPS) is 14.0. The fourth-order valence-electron chi connectivity index (χ4n) is 1.88. The number of hydrogen-bond donors (Lipinski definition) is 8. The van der Waals surface area contributed by atoms with E-state index >= 15 is 0 Å². The van der Waals surface area contributed by atoms with Crippen LogP contribution in [0.5, 0.6) is 0 Å². The number of nitrogens with two attached hydrogens (primary N) is 5. The first-order chi connectivity index (χ1) is 11.6. The molecule has 0 saturated heterocycles. The largest absolute Gasteiger partial charge is 0.370 e. The summed E-state index contributed by atoms with van der Waals surface area (Å²) in [6.07, 6.45) is 0.388. The van der Waals surface area contributed by atoms with Crippen LogP contribution in [0.15, 0.2) is 0 Å². The van der Waals surface area contributed by atoms with E-state index in [1.165, 1.54) is 0 Å². The number of carbonyl (C=O) groups is 4. The van der Waals surface area contributed by atoms with Gasteiger partial charge in [-0.3, -0.25) is 24.6 Å². The lowest BCUT2D eigenvalue weighted by Gasteiger charge is -2.21. The summed E-state index contributed by atoms with van der Waals surface area (Å²) in [5, 5.41) is 11.9. The maximum Gasteiger partial charge on any atom is 0.242 e. The van der Waals surface area contributed by atoms with Crippen LogP contribution in [0, 0.1) is 5.41 Å². The molecule has 0 fully saturated rings. The molecule has 0 radical (unpaired) electrons. The fraction of sp³-hybridized carbons (Fsp3) is 0.615. The van der Waals surface area contributed by atoms with Crippen LogP contribution in [0.25, 0.3) is 0 Å². The van der Waals surface area contributed by atoms with E-state index in [-0.39, 0.29) is 25.2 Å². The Morgan fingerprint density at radius 2 is 1.60 bits per heavy atom. The third-order valence-electron chi connectivity index (χ3n) is 3.30. The van der Waals surface area contributed by atoms with Crippen molar-refractivity contribution in [2.45, 2.75) is 43.8 Å². The van der Waals surface area contributed by atoms with Crippen molar-refractivity contribution in [3.8, 4) is 0 Å². The molecule has 0 aromatic rings. The second kappa shape index (κ2) is 10.9. The smallest absolute Gasteiger partial charge is 0.242 e. The number of hydrogen-bond acceptors (Lipinski definition) is 7. The monoisotopic (exact) mass is 358 g/mol. The Morgan fingerprint density at radius 3 is 2.08 bits per heavy atom. The summed E-state index contributed by atoms with van der Waals surface area (Å²) in [6, 6.07) is -3.76. The Hall–Kier alpha value is -2.73. The second-order valence-electron chi connectivity index (χ2n) is 5.44. The standard InChI is InChI=1S/C13H26N8O4/c14-6(2-1-5-20-13(18)19)12(25)21-7(3-4-8(15)22)10(23)9(16)11(17)24/h6-7,9H,1-5,14,16H2,(H2,15,22)(H2,17,24)(H,21,25)(H4,18,19,20)/t6-,7-,9?/m0/s1. The summed E-state index contributed by atoms with van der Waals surface area (Å²) in [5.41, 5.74) is 26.2. The van der Waals surface area contributed by atoms with Crippen LogP contribution in [0.4, 0.5) is 0 Å². The van der Waals surface area contributed by atoms with E-state index in [0.29, 0.717) is 13.0 Å². The zero-order valence-corrected chi connectivity index (χ0v) is 13.8. The van der Waals surface area contributed by atoms with Gasteiger partial charge in [0.05, 0.1) is 12.1 Å². The van der Waals surface area contributed by atoms with Crippen molar-refractivity contribution in [3.63, 3.8) is 0 Å². The predicted octanol–water partition coefficient (Wildman–Crippen LogP) is -4.29. The van der Waals surface area contributed by atoms with Gasteiger partial charge in [0, 0.05) is 13.0 Å². The van der Waals surface area contributed by atoms with E-state index < -0.39 is 41.6 Å². The topological polar surface area (TPSA) is 246 Å². The highest BCUT2D eigenvalue weighted by Gasteiger charge is 2.30. The van der Waals surface area contributed by atoms with E-state index in [1.807, 2.05) is 0 Å². The van der Waals surface area contributed by atoms with Gasteiger partial charge in [-0.25, -0.2) is 0 Å². The van der Waals surface area contributed by atoms with Gasteiger partial charge in [0.2, 0.25) is 17.7 Å². The van der Waals surface area contributed by atoms with E-state index in [2.05, 4.69) is 10.6 Å². The van der Waals surface area contributed by atoms with Gasteiger partial charge in [-0.2, -0.15) is 0 Å². The molecule has 3 atom stereocenters. The lowest BCUT2D eigenvalue weighted by atomic mass is 9.99. The Balaban J connectivity index is 4.72. The van der Waals surface area contributed by atoms with Crippen LogP contribution in [0.3, 0.4) is 0 Å². The molecule has 0 bridgehead atoms. The lowest BCUT2D eigenvalue weighted by Crippen LogP contribution is -2.55. The van der Waals surface area contributed by atoms with Crippen LogP contribution in [0.2, 0.25) is 0 Å². The van der Waals surface area contributed by atoms with Crippen molar-refractivity contribution in [1.82, 2.24) is 10.6 Å². The SMILES string of the molecule is N=C(N)NCCC[C@H](N)C(=O)N[C@@H](CCC(N)=O)C(=O)C(N)C(N)=O. The number of rotatable bonds is 12. The number of nitrogens with one attached hydrogen (secondary N) is 3. The number of guanidine groups is 1. The second-order valence-corrected chi connectivity index (χ2v) is 5.44. The highest BCUT2D eigenvalue weighted by molar-refractivity contribution is 6.08. The van der Waals surface area contributed by atoms with Gasteiger partial charge < -0.3 is 39.3 Å². The summed E-state index contributed by atoms with van der Waals surface area (Å²) in [4.78, 5) is 46.1. The molecule has 0 saturated carbocycles. The van der Waals surface area contributed by atoms with Gasteiger partial charge in [0.1, 0.15) is 6.04 Å². The Labute approximate surface area is 144 Å². The fourth-order valence-corrected chi connectivity index (χ4v) is 1.88. The summed E-state index contributed by atoms with van der Waals surface area (Å²) in [7, 11) is 0. The van der Waals surface area contributed by atoms with Crippen molar-refractivity contribution in [2.24, 2.45) is 28.7 Å². The van der Waals surface area contributed by atoms with Crippen molar-refractivity contribution in [3.05, 3.63) is 0 Å². The molecule has 3 amide bonds. The average Bonchev–Trinajstić information content (AvgIpc) is 2.52. The van der Waals surface area contributed by atoms with E-state index in [4.69, 9.17) is 34.1 Å². The van der Waals surface area contributed by atoms with Gasteiger partial charge in [0.25, 0.3) is 0 Å². The van der Waals surface area contributed by atoms with Crippen LogP contribution < -0.4 is 39.3 Å². The Morgan fingerprint density at radius 1 is 1.00 bits per heavy atom. The third-order valence-corrected chi connectivity index (χ3v) is 3.30. The number of primary amides is 2. The summed E-state index contributed by atoms with van der Waals surface area (Å²) >= 11 is 0. The Kier molecular flexibility index (Phi) is 9.74. The van der Waals surface area contributed by atoms with Crippen molar-refractivity contribution < 1.29 is 19.2 Å². The van der Waals surface area contributed by atoms with Crippen LogP contribution >= 0.6 is 0 Å². The summed E-state index contributed by atoms with van der Waals surface area (Å²) < 4.78 is 0. The Bertz CT molecular complexity index is 524. The molecule has 0 heterocycles. The molecule has 12 heteroatoms. The van der Waals surface area contributed by atoms with Gasteiger partial charge >= 0.3 is 0 Å². The maximum absolute atomic E-state index is 12.1. The highest BCUT2D eigenvalue weighted by Crippen LogP contribution is 2.03. The summed E-state index contributed by atoms with van der Waals surface area (Å²) in [6.45, 7) is 0.354. The number of amides is 3. The quantitative estimate of drug-likeness (QED) is 0.0731. The molecular weight excluding hydrogens is 332 g/mol. The first kappa shape index (κ1) is 22.3.